The summed E-state index contributed by atoms with van der Waals surface area (Å²) in [5, 5.41) is 0. The zero-order valence-corrected chi connectivity index (χ0v) is 32.8. The van der Waals surface area contributed by atoms with Gasteiger partial charge in [0.1, 0.15) is 0 Å². The van der Waals surface area contributed by atoms with E-state index in [4.69, 9.17) is 11.3 Å². The van der Waals surface area contributed by atoms with E-state index in [0.717, 1.165) is 77.7 Å². The first-order valence-electron chi connectivity index (χ1n) is 20.6. The number of hydrogen-bond acceptors (Lipinski definition) is 2. The minimum atomic E-state index is -0.436. The lowest BCUT2D eigenvalue weighted by Crippen LogP contribution is -2.11. The molecule has 0 unspecified atom stereocenters. The third-order valence-electron chi connectivity index (χ3n) is 11.3. The fourth-order valence-electron chi connectivity index (χ4n) is 8.04. The summed E-state index contributed by atoms with van der Waals surface area (Å²) >= 11 is 0. The van der Waals surface area contributed by atoms with Gasteiger partial charge < -0.3 is 0 Å². The largest absolute Gasteiger partial charge is 0.256 e. The SMILES string of the molecule is [2H]C1(c2ccc(-c3ccnc(-c4ccc(-c5ccccc5-c5cc(C)cc(CCc6ccc(-c7ccc(C(C)(C)C)cn7)cc6)c5)cc4)c3)cc2)CCCCC1. The maximum Gasteiger partial charge on any atom is 0.0708 e. The molecular weight excluding hydrogens is 665 g/mol. The van der Waals surface area contributed by atoms with Crippen LogP contribution >= 0.6 is 0 Å². The molecule has 5 aromatic carbocycles. The second-order valence-electron chi connectivity index (χ2n) is 16.4. The van der Waals surface area contributed by atoms with Crippen molar-refractivity contribution in [3.63, 3.8) is 0 Å². The molecule has 0 spiro atoms. The molecule has 0 radical (unpaired) electrons. The van der Waals surface area contributed by atoms with E-state index in [0.29, 0.717) is 0 Å². The van der Waals surface area contributed by atoms with Gasteiger partial charge in [-0.3, -0.25) is 9.97 Å². The van der Waals surface area contributed by atoms with Crippen molar-refractivity contribution in [2.75, 3.05) is 0 Å². The number of rotatable bonds is 9. The molecule has 2 nitrogen and oxygen atoms in total. The minimum absolute atomic E-state index is 0.0991. The number of pyridine rings is 2. The van der Waals surface area contributed by atoms with Crippen LogP contribution in [0.3, 0.4) is 0 Å². The lowest BCUT2D eigenvalue weighted by molar-refractivity contribution is 0.443. The molecule has 0 aliphatic heterocycles. The van der Waals surface area contributed by atoms with E-state index in [1.54, 1.807) is 0 Å². The van der Waals surface area contributed by atoms with E-state index in [9.17, 15) is 0 Å². The predicted octanol–water partition coefficient (Wildman–Crippen LogP) is 14.3. The fourth-order valence-corrected chi connectivity index (χ4v) is 8.04. The van der Waals surface area contributed by atoms with Gasteiger partial charge in [-0.05, 0) is 118 Å². The molecular formula is C53H52N2. The second kappa shape index (κ2) is 16.0. The van der Waals surface area contributed by atoms with Gasteiger partial charge in [0.15, 0.2) is 0 Å². The highest BCUT2D eigenvalue weighted by atomic mass is 14.7. The highest BCUT2D eigenvalue weighted by Gasteiger charge is 2.16. The first kappa shape index (κ1) is 35.1. The second-order valence-corrected chi connectivity index (χ2v) is 16.4. The molecule has 1 saturated carbocycles. The Labute approximate surface area is 329 Å². The molecule has 2 heterocycles. The maximum absolute atomic E-state index is 9.02. The van der Waals surface area contributed by atoms with Crippen LogP contribution in [0.15, 0.2) is 152 Å². The molecule has 1 fully saturated rings. The Kier molecular flexibility index (Phi) is 10.2. The number of nitrogens with zero attached hydrogens (tertiary/aromatic N) is 2. The molecule has 2 aromatic heterocycles. The van der Waals surface area contributed by atoms with Gasteiger partial charge in [-0.1, -0.05) is 167 Å². The van der Waals surface area contributed by atoms with Gasteiger partial charge >= 0.3 is 0 Å². The summed E-state index contributed by atoms with van der Waals surface area (Å²) < 4.78 is 9.02. The lowest BCUT2D eigenvalue weighted by Gasteiger charge is -2.22. The highest BCUT2D eigenvalue weighted by molar-refractivity contribution is 5.85. The summed E-state index contributed by atoms with van der Waals surface area (Å²) in [6.07, 6.45) is 11.4. The minimum Gasteiger partial charge on any atom is -0.256 e. The molecule has 2 heteroatoms. The van der Waals surface area contributed by atoms with E-state index in [2.05, 4.69) is 167 Å². The molecule has 274 valence electrons. The summed E-state index contributed by atoms with van der Waals surface area (Å²) in [7, 11) is 0. The molecule has 0 N–H and O–H groups in total. The molecule has 0 atom stereocenters. The fraction of sp³-hybridized carbons (Fsp3) is 0.245. The van der Waals surface area contributed by atoms with Gasteiger partial charge in [-0.2, -0.15) is 0 Å². The summed E-state index contributed by atoms with van der Waals surface area (Å²) in [4.78, 5) is 9.51. The smallest absolute Gasteiger partial charge is 0.0708 e. The van der Waals surface area contributed by atoms with Crippen LogP contribution in [0.4, 0.5) is 0 Å². The normalized spacial score (nSPS) is 14.4. The summed E-state index contributed by atoms with van der Waals surface area (Å²) in [5.41, 5.74) is 17.9. The number of benzene rings is 5. The van der Waals surface area contributed by atoms with Crippen LogP contribution in [0, 0.1) is 6.92 Å². The molecule has 0 amide bonds. The first-order chi connectivity index (χ1) is 27.1. The van der Waals surface area contributed by atoms with E-state index in [1.807, 2.05) is 12.4 Å². The van der Waals surface area contributed by atoms with Crippen LogP contribution in [-0.4, -0.2) is 9.97 Å². The Balaban J connectivity index is 0.967. The van der Waals surface area contributed by atoms with Crippen LogP contribution < -0.4 is 0 Å². The van der Waals surface area contributed by atoms with E-state index >= 15 is 0 Å². The van der Waals surface area contributed by atoms with Crippen molar-refractivity contribution < 1.29 is 1.37 Å². The van der Waals surface area contributed by atoms with Gasteiger partial charge in [0, 0.05) is 24.9 Å². The maximum atomic E-state index is 9.02. The van der Waals surface area contributed by atoms with E-state index < -0.39 is 5.89 Å². The van der Waals surface area contributed by atoms with Crippen molar-refractivity contribution in [1.82, 2.24) is 9.97 Å². The summed E-state index contributed by atoms with van der Waals surface area (Å²) in [6, 6.07) is 50.8. The van der Waals surface area contributed by atoms with E-state index in [-0.39, 0.29) is 5.41 Å². The third kappa shape index (κ3) is 8.55. The van der Waals surface area contributed by atoms with Crippen molar-refractivity contribution in [2.45, 2.75) is 83.9 Å². The molecule has 55 heavy (non-hydrogen) atoms. The first-order valence-corrected chi connectivity index (χ1v) is 20.1. The monoisotopic (exact) mass is 717 g/mol. The van der Waals surface area contributed by atoms with Crippen molar-refractivity contribution >= 4 is 0 Å². The van der Waals surface area contributed by atoms with Gasteiger partial charge in [0.25, 0.3) is 0 Å². The van der Waals surface area contributed by atoms with Crippen molar-refractivity contribution in [2.24, 2.45) is 0 Å². The lowest BCUT2D eigenvalue weighted by atomic mass is 9.84. The predicted molar refractivity (Wildman–Crippen MR) is 232 cm³/mol. The van der Waals surface area contributed by atoms with E-state index in [1.165, 1.54) is 50.9 Å². The Morgan fingerprint density at radius 2 is 1.18 bits per heavy atom. The van der Waals surface area contributed by atoms with Crippen LogP contribution in [-0.2, 0) is 18.3 Å². The Bertz CT molecular complexity index is 2410. The summed E-state index contributed by atoms with van der Waals surface area (Å²) in [5.74, 6) is -0.436. The highest BCUT2D eigenvalue weighted by Crippen LogP contribution is 2.36. The Morgan fingerprint density at radius 1 is 0.545 bits per heavy atom. The molecule has 8 rings (SSSR count). The van der Waals surface area contributed by atoms with Crippen LogP contribution in [0.25, 0.3) is 55.9 Å². The molecule has 0 saturated heterocycles. The topological polar surface area (TPSA) is 25.8 Å². The van der Waals surface area contributed by atoms with Crippen LogP contribution in [0.5, 0.6) is 0 Å². The van der Waals surface area contributed by atoms with Crippen molar-refractivity contribution in [3.8, 4) is 55.9 Å². The average Bonchev–Trinajstić information content (AvgIpc) is 3.23. The molecule has 1 aliphatic carbocycles. The van der Waals surface area contributed by atoms with Crippen LogP contribution in [0.2, 0.25) is 0 Å². The zero-order chi connectivity index (χ0) is 38.7. The summed E-state index contributed by atoms with van der Waals surface area (Å²) in [6.45, 7) is 8.87. The Hall–Kier alpha value is -5.60. The molecule has 1 aliphatic rings. The Morgan fingerprint density at radius 3 is 1.87 bits per heavy atom. The number of aryl methyl sites for hydroxylation is 3. The number of hydrogen-bond donors (Lipinski definition) is 0. The molecule has 0 bridgehead atoms. The third-order valence-corrected chi connectivity index (χ3v) is 11.3. The van der Waals surface area contributed by atoms with Crippen LogP contribution in [0.1, 0.15) is 88.0 Å². The standard InChI is InChI=1S/C53H52N2/c1-37-32-39(15-14-38-16-18-44(19-17-38)51-29-28-48(36-55-51)53(2,3)4)34-47(33-37)50-13-9-8-12-49(50)43-24-26-45(27-25-43)52-35-46(30-31-54-52)42-22-20-41(21-23-42)40-10-6-5-7-11-40/h8-9,12-13,16-36,40H,5-7,10-11,14-15H2,1-4H3/i40D. The van der Waals surface area contributed by atoms with Gasteiger partial charge in [0.2, 0.25) is 0 Å². The van der Waals surface area contributed by atoms with Crippen molar-refractivity contribution in [1.29, 1.82) is 0 Å². The molecule has 7 aromatic rings. The van der Waals surface area contributed by atoms with Gasteiger partial charge in [-0.15, -0.1) is 0 Å². The quantitative estimate of drug-likeness (QED) is 0.149. The zero-order valence-electron chi connectivity index (χ0n) is 33.8. The van der Waals surface area contributed by atoms with Gasteiger partial charge in [-0.25, -0.2) is 0 Å². The number of aromatic nitrogens is 2. The van der Waals surface area contributed by atoms with Crippen molar-refractivity contribution in [3.05, 3.63) is 180 Å². The van der Waals surface area contributed by atoms with Gasteiger partial charge in [0.05, 0.1) is 11.4 Å². The average molecular weight is 718 g/mol.